The average molecular weight is 495 g/mol. The molecule has 1 aliphatic heterocycles. The van der Waals surface area contributed by atoms with E-state index < -0.39 is 5.60 Å². The summed E-state index contributed by atoms with van der Waals surface area (Å²) in [6.07, 6.45) is 4.65. The molecule has 10 heteroatoms. The van der Waals surface area contributed by atoms with Crippen LogP contribution in [0.1, 0.15) is 34.6 Å². The van der Waals surface area contributed by atoms with E-state index in [0.717, 1.165) is 10.3 Å². The van der Waals surface area contributed by atoms with Crippen molar-refractivity contribution in [2.45, 2.75) is 40.2 Å². The Balaban J connectivity index is 0.00000166. The SMILES string of the molecule is CC.Cn1cc(Br)cc(Nc2cnc(N3CCN(C(=O)OC(C)(C)C)CC3)cn2)c1=O. The van der Waals surface area contributed by atoms with E-state index in [1.54, 1.807) is 36.6 Å². The van der Waals surface area contributed by atoms with Gasteiger partial charge in [0.1, 0.15) is 22.9 Å². The van der Waals surface area contributed by atoms with Crippen LogP contribution in [0.4, 0.5) is 22.1 Å². The van der Waals surface area contributed by atoms with Gasteiger partial charge in [-0.05, 0) is 42.8 Å². The molecule has 1 aliphatic rings. The normalized spacial score (nSPS) is 13.9. The number of carbonyl (C=O) groups excluding carboxylic acids is 1. The second kappa shape index (κ2) is 10.6. The largest absolute Gasteiger partial charge is 0.444 e. The monoisotopic (exact) mass is 494 g/mol. The minimum absolute atomic E-state index is 0.155. The highest BCUT2D eigenvalue weighted by Crippen LogP contribution is 2.18. The number of halogens is 1. The molecule has 2 aromatic rings. The molecule has 0 unspecified atom stereocenters. The number of nitrogens with one attached hydrogen (secondary N) is 1. The lowest BCUT2D eigenvalue weighted by atomic mass is 10.2. The third-order valence-corrected chi connectivity index (χ3v) is 4.74. The number of hydrogen-bond donors (Lipinski definition) is 1. The first-order valence-corrected chi connectivity index (χ1v) is 11.1. The van der Waals surface area contributed by atoms with Crippen LogP contribution in [0, 0.1) is 0 Å². The Morgan fingerprint density at radius 1 is 1.13 bits per heavy atom. The van der Waals surface area contributed by atoms with E-state index in [0.29, 0.717) is 37.7 Å². The van der Waals surface area contributed by atoms with E-state index in [1.807, 2.05) is 34.6 Å². The van der Waals surface area contributed by atoms with E-state index in [1.165, 1.54) is 4.57 Å². The van der Waals surface area contributed by atoms with Gasteiger partial charge in [-0.3, -0.25) is 4.79 Å². The Kier molecular flexibility index (Phi) is 8.43. The lowest BCUT2D eigenvalue weighted by molar-refractivity contribution is 0.0240. The van der Waals surface area contributed by atoms with E-state index in [-0.39, 0.29) is 11.7 Å². The number of pyridine rings is 1. The minimum Gasteiger partial charge on any atom is -0.444 e. The quantitative estimate of drug-likeness (QED) is 0.693. The van der Waals surface area contributed by atoms with Crippen molar-refractivity contribution in [2.75, 3.05) is 36.4 Å². The molecule has 2 aromatic heterocycles. The number of amides is 1. The summed E-state index contributed by atoms with van der Waals surface area (Å²) in [6, 6.07) is 1.70. The zero-order chi connectivity index (χ0) is 23.2. The van der Waals surface area contributed by atoms with Gasteiger partial charge in [0, 0.05) is 43.9 Å². The predicted molar refractivity (Wildman–Crippen MR) is 126 cm³/mol. The topological polar surface area (TPSA) is 92.6 Å². The molecular formula is C21H31BrN6O3. The molecule has 0 aromatic carbocycles. The van der Waals surface area contributed by atoms with Crippen molar-refractivity contribution in [1.29, 1.82) is 0 Å². The Hall–Kier alpha value is -2.62. The highest BCUT2D eigenvalue weighted by Gasteiger charge is 2.26. The molecule has 9 nitrogen and oxygen atoms in total. The average Bonchev–Trinajstić information content (AvgIpc) is 2.72. The number of nitrogens with zero attached hydrogens (tertiary/aromatic N) is 5. The molecule has 1 amide bonds. The number of anilines is 3. The first kappa shape index (κ1) is 24.6. The van der Waals surface area contributed by atoms with E-state index in [2.05, 4.69) is 36.1 Å². The summed E-state index contributed by atoms with van der Waals surface area (Å²) in [5.41, 5.74) is -0.245. The highest BCUT2D eigenvalue weighted by molar-refractivity contribution is 9.10. The Labute approximate surface area is 191 Å². The molecule has 3 rings (SSSR count). The van der Waals surface area contributed by atoms with Gasteiger partial charge in [-0.15, -0.1) is 0 Å². The number of rotatable bonds is 3. The second-order valence-corrected chi connectivity index (χ2v) is 8.74. The number of ether oxygens (including phenoxy) is 1. The van der Waals surface area contributed by atoms with Crippen LogP contribution in [0.2, 0.25) is 0 Å². The summed E-state index contributed by atoms with van der Waals surface area (Å²) >= 11 is 3.38. The standard InChI is InChI=1S/C19H25BrN6O3.C2H6/c1-19(2,3)29-18(28)26-7-5-25(6-8-26)16-11-21-15(10-22-16)23-14-9-13(20)12-24(4)17(14)27;1-2/h9-12H,5-8H2,1-4H3,(H,21,23);1-2H3. The van der Waals surface area contributed by atoms with Gasteiger partial charge in [-0.2, -0.15) is 0 Å². The van der Waals surface area contributed by atoms with Crippen LogP contribution in [0.5, 0.6) is 0 Å². The highest BCUT2D eigenvalue weighted by atomic mass is 79.9. The Morgan fingerprint density at radius 2 is 1.77 bits per heavy atom. The van der Waals surface area contributed by atoms with E-state index in [4.69, 9.17) is 4.74 Å². The number of hydrogen-bond acceptors (Lipinski definition) is 7. The van der Waals surface area contributed by atoms with Crippen molar-refractivity contribution in [1.82, 2.24) is 19.4 Å². The molecule has 170 valence electrons. The maximum absolute atomic E-state index is 12.2. The number of carbonyl (C=O) groups is 1. The molecule has 0 spiro atoms. The smallest absolute Gasteiger partial charge is 0.410 e. The molecule has 1 N–H and O–H groups in total. The predicted octanol–water partition coefficient (Wildman–Crippen LogP) is 3.76. The van der Waals surface area contributed by atoms with Crippen LogP contribution in [0.3, 0.4) is 0 Å². The van der Waals surface area contributed by atoms with Crippen LogP contribution < -0.4 is 15.8 Å². The zero-order valence-electron chi connectivity index (χ0n) is 19.0. The molecule has 0 aliphatic carbocycles. The maximum Gasteiger partial charge on any atom is 0.410 e. The first-order valence-electron chi connectivity index (χ1n) is 10.3. The van der Waals surface area contributed by atoms with E-state index in [9.17, 15) is 9.59 Å². The summed E-state index contributed by atoms with van der Waals surface area (Å²) in [5, 5.41) is 3.00. The van der Waals surface area contributed by atoms with Gasteiger partial charge in [0.2, 0.25) is 0 Å². The Morgan fingerprint density at radius 3 is 2.32 bits per heavy atom. The van der Waals surface area contributed by atoms with Crippen LogP contribution in [0.25, 0.3) is 0 Å². The molecule has 0 atom stereocenters. The van der Waals surface area contributed by atoms with Crippen LogP contribution >= 0.6 is 15.9 Å². The third kappa shape index (κ3) is 6.95. The van der Waals surface area contributed by atoms with Crippen LogP contribution in [0.15, 0.2) is 33.9 Å². The molecular weight excluding hydrogens is 464 g/mol. The van der Waals surface area contributed by atoms with Gasteiger partial charge in [-0.25, -0.2) is 14.8 Å². The van der Waals surface area contributed by atoms with Crippen molar-refractivity contribution in [2.24, 2.45) is 7.05 Å². The van der Waals surface area contributed by atoms with Gasteiger partial charge in [0.25, 0.3) is 5.56 Å². The number of aryl methyl sites for hydroxylation is 1. The maximum atomic E-state index is 12.2. The van der Waals surface area contributed by atoms with Gasteiger partial charge in [-0.1, -0.05) is 13.8 Å². The number of piperazine rings is 1. The molecule has 31 heavy (non-hydrogen) atoms. The van der Waals surface area contributed by atoms with Gasteiger partial charge in [0.15, 0.2) is 0 Å². The van der Waals surface area contributed by atoms with Crippen LogP contribution in [-0.4, -0.2) is 57.3 Å². The molecule has 0 bridgehead atoms. The summed E-state index contributed by atoms with van der Waals surface area (Å²) in [6.45, 7) is 12.0. The van der Waals surface area contributed by atoms with E-state index >= 15 is 0 Å². The lowest BCUT2D eigenvalue weighted by Gasteiger charge is -2.36. The van der Waals surface area contributed by atoms with Crippen molar-refractivity contribution >= 4 is 39.3 Å². The van der Waals surface area contributed by atoms with Gasteiger partial charge in [0.05, 0.1) is 12.4 Å². The molecule has 1 saturated heterocycles. The molecule has 1 fully saturated rings. The second-order valence-electron chi connectivity index (χ2n) is 7.83. The lowest BCUT2D eigenvalue weighted by Crippen LogP contribution is -2.50. The molecule has 3 heterocycles. The zero-order valence-corrected chi connectivity index (χ0v) is 20.6. The summed E-state index contributed by atoms with van der Waals surface area (Å²) in [4.78, 5) is 36.9. The fraction of sp³-hybridized carbons (Fsp3) is 0.524. The first-order chi connectivity index (χ1) is 14.6. The van der Waals surface area contributed by atoms with Gasteiger partial charge >= 0.3 is 6.09 Å². The summed E-state index contributed by atoms with van der Waals surface area (Å²) in [5.74, 6) is 1.21. The Bertz CT molecular complexity index is 932. The summed E-state index contributed by atoms with van der Waals surface area (Å²) in [7, 11) is 1.68. The number of aromatic nitrogens is 3. The third-order valence-electron chi connectivity index (χ3n) is 4.31. The van der Waals surface area contributed by atoms with Crippen LogP contribution in [-0.2, 0) is 11.8 Å². The van der Waals surface area contributed by atoms with Crippen molar-refractivity contribution in [3.8, 4) is 0 Å². The molecule has 0 radical (unpaired) electrons. The van der Waals surface area contributed by atoms with Gasteiger partial charge < -0.3 is 24.4 Å². The fourth-order valence-corrected chi connectivity index (χ4v) is 3.43. The van der Waals surface area contributed by atoms with Crippen molar-refractivity contribution in [3.63, 3.8) is 0 Å². The van der Waals surface area contributed by atoms with Crippen molar-refractivity contribution in [3.05, 3.63) is 39.5 Å². The fourth-order valence-electron chi connectivity index (χ4n) is 2.89. The minimum atomic E-state index is -0.502. The summed E-state index contributed by atoms with van der Waals surface area (Å²) < 4.78 is 7.69. The van der Waals surface area contributed by atoms with Crippen molar-refractivity contribution < 1.29 is 9.53 Å². The molecule has 0 saturated carbocycles.